The zero-order valence-electron chi connectivity index (χ0n) is 10.7. The molecular weight excluding hydrogens is 250 g/mol. The van der Waals surface area contributed by atoms with Crippen LogP contribution in [0.2, 0.25) is 0 Å². The first-order valence-corrected chi connectivity index (χ1v) is 6.37. The van der Waals surface area contributed by atoms with Crippen LogP contribution in [-0.2, 0) is 14.3 Å². The SMILES string of the molecule is NC(=O)C(C1CC=CCN(O)C1=O)N1CCOCC1. The van der Waals surface area contributed by atoms with Crippen LogP contribution in [0.5, 0.6) is 0 Å². The number of carbonyl (C=O) groups excluding carboxylic acids is 2. The van der Waals surface area contributed by atoms with Crippen molar-refractivity contribution in [3.63, 3.8) is 0 Å². The number of allylic oxidation sites excluding steroid dienone is 1. The lowest BCUT2D eigenvalue weighted by Gasteiger charge is -2.36. The first-order valence-electron chi connectivity index (χ1n) is 6.37. The average molecular weight is 269 g/mol. The summed E-state index contributed by atoms with van der Waals surface area (Å²) in [6, 6.07) is -0.700. The second-order valence-electron chi connectivity index (χ2n) is 4.73. The normalized spacial score (nSPS) is 27.1. The summed E-state index contributed by atoms with van der Waals surface area (Å²) in [5.74, 6) is -1.64. The van der Waals surface area contributed by atoms with E-state index in [4.69, 9.17) is 10.5 Å². The van der Waals surface area contributed by atoms with Crippen LogP contribution in [0.25, 0.3) is 0 Å². The van der Waals surface area contributed by atoms with Gasteiger partial charge in [0.1, 0.15) is 6.04 Å². The third-order valence-corrected chi connectivity index (χ3v) is 3.52. The summed E-state index contributed by atoms with van der Waals surface area (Å²) in [5.41, 5.74) is 5.46. The van der Waals surface area contributed by atoms with E-state index in [1.165, 1.54) is 0 Å². The predicted octanol–water partition coefficient (Wildman–Crippen LogP) is -1.03. The third kappa shape index (κ3) is 3.12. The number of nitrogens with two attached hydrogens (primary N) is 1. The first kappa shape index (κ1) is 14.0. The summed E-state index contributed by atoms with van der Waals surface area (Å²) in [6.07, 6.45) is 3.91. The minimum atomic E-state index is -0.700. The van der Waals surface area contributed by atoms with Crippen molar-refractivity contribution in [2.75, 3.05) is 32.8 Å². The van der Waals surface area contributed by atoms with Crippen molar-refractivity contribution >= 4 is 11.8 Å². The number of carbonyl (C=O) groups is 2. The number of hydrogen-bond acceptors (Lipinski definition) is 5. The molecule has 0 aromatic rings. The Bertz CT molecular complexity index is 379. The Balaban J connectivity index is 2.19. The molecule has 0 bridgehead atoms. The van der Waals surface area contributed by atoms with Gasteiger partial charge in [0.2, 0.25) is 5.91 Å². The third-order valence-electron chi connectivity index (χ3n) is 3.52. The summed E-state index contributed by atoms with van der Waals surface area (Å²) in [7, 11) is 0. The van der Waals surface area contributed by atoms with Crippen LogP contribution in [0.3, 0.4) is 0 Å². The van der Waals surface area contributed by atoms with Gasteiger partial charge in [-0.2, -0.15) is 0 Å². The molecule has 2 aliphatic heterocycles. The molecule has 2 unspecified atom stereocenters. The number of hydrogen-bond donors (Lipinski definition) is 2. The lowest BCUT2D eigenvalue weighted by molar-refractivity contribution is -0.171. The fourth-order valence-corrected chi connectivity index (χ4v) is 2.55. The van der Waals surface area contributed by atoms with Gasteiger partial charge in [0, 0.05) is 13.1 Å². The molecule has 2 atom stereocenters. The summed E-state index contributed by atoms with van der Waals surface area (Å²) < 4.78 is 5.24. The van der Waals surface area contributed by atoms with Crippen LogP contribution in [0.15, 0.2) is 12.2 Å². The van der Waals surface area contributed by atoms with Crippen molar-refractivity contribution in [2.24, 2.45) is 11.7 Å². The van der Waals surface area contributed by atoms with Crippen molar-refractivity contribution in [2.45, 2.75) is 12.5 Å². The number of hydroxylamine groups is 2. The smallest absolute Gasteiger partial charge is 0.251 e. The minimum Gasteiger partial charge on any atom is -0.379 e. The Morgan fingerprint density at radius 1 is 1.42 bits per heavy atom. The van der Waals surface area contributed by atoms with Crippen LogP contribution in [0.1, 0.15) is 6.42 Å². The van der Waals surface area contributed by atoms with Gasteiger partial charge in [0.05, 0.1) is 25.7 Å². The molecule has 0 saturated carbocycles. The van der Waals surface area contributed by atoms with Crippen LogP contribution in [0, 0.1) is 5.92 Å². The Morgan fingerprint density at radius 2 is 2.11 bits per heavy atom. The first-order chi connectivity index (χ1) is 9.11. The van der Waals surface area contributed by atoms with E-state index in [-0.39, 0.29) is 6.54 Å². The van der Waals surface area contributed by atoms with Gasteiger partial charge >= 0.3 is 0 Å². The number of rotatable bonds is 3. The van der Waals surface area contributed by atoms with Crippen LogP contribution < -0.4 is 5.73 Å². The molecule has 1 saturated heterocycles. The summed E-state index contributed by atoms with van der Waals surface area (Å²) in [5, 5.41) is 10.2. The Hall–Kier alpha value is -1.44. The van der Waals surface area contributed by atoms with Crippen molar-refractivity contribution in [1.29, 1.82) is 0 Å². The molecule has 19 heavy (non-hydrogen) atoms. The second-order valence-corrected chi connectivity index (χ2v) is 4.73. The van der Waals surface area contributed by atoms with Gasteiger partial charge in [-0.1, -0.05) is 12.2 Å². The zero-order valence-corrected chi connectivity index (χ0v) is 10.7. The van der Waals surface area contributed by atoms with Gasteiger partial charge in [0.25, 0.3) is 5.91 Å². The Kier molecular flexibility index (Phi) is 4.52. The van der Waals surface area contributed by atoms with Gasteiger partial charge < -0.3 is 10.5 Å². The Morgan fingerprint density at radius 3 is 2.74 bits per heavy atom. The summed E-state index contributed by atoms with van der Waals surface area (Å²) in [6.45, 7) is 2.30. The van der Waals surface area contributed by atoms with Crippen molar-refractivity contribution < 1.29 is 19.5 Å². The number of primary amides is 1. The van der Waals surface area contributed by atoms with Crippen LogP contribution >= 0.6 is 0 Å². The van der Waals surface area contributed by atoms with E-state index in [9.17, 15) is 14.8 Å². The Labute approximate surface area is 111 Å². The fraction of sp³-hybridized carbons (Fsp3) is 0.667. The van der Waals surface area contributed by atoms with Crippen molar-refractivity contribution in [3.8, 4) is 0 Å². The molecule has 2 rings (SSSR count). The highest BCUT2D eigenvalue weighted by atomic mass is 16.5. The molecule has 2 heterocycles. The average Bonchev–Trinajstić information content (AvgIpc) is 2.55. The number of ether oxygens (including phenoxy) is 1. The van der Waals surface area contributed by atoms with E-state index in [1.807, 2.05) is 4.90 Å². The molecule has 0 aromatic heterocycles. The molecule has 0 aliphatic carbocycles. The molecular formula is C12H19N3O4. The minimum absolute atomic E-state index is 0.143. The predicted molar refractivity (Wildman–Crippen MR) is 66.1 cm³/mol. The molecule has 0 aromatic carbocycles. The van der Waals surface area contributed by atoms with Gasteiger partial charge in [0.15, 0.2) is 0 Å². The van der Waals surface area contributed by atoms with Gasteiger partial charge in [-0.15, -0.1) is 0 Å². The molecule has 0 spiro atoms. The van der Waals surface area contributed by atoms with E-state index in [0.717, 1.165) is 0 Å². The highest BCUT2D eigenvalue weighted by Crippen LogP contribution is 2.21. The van der Waals surface area contributed by atoms with Crippen molar-refractivity contribution in [3.05, 3.63) is 12.2 Å². The highest BCUT2D eigenvalue weighted by molar-refractivity contribution is 5.89. The number of amides is 2. The molecule has 2 aliphatic rings. The molecule has 1 fully saturated rings. The van der Waals surface area contributed by atoms with Gasteiger partial charge in [-0.05, 0) is 6.42 Å². The van der Waals surface area contributed by atoms with E-state index in [2.05, 4.69) is 0 Å². The van der Waals surface area contributed by atoms with Gasteiger partial charge in [-0.25, -0.2) is 5.06 Å². The quantitative estimate of drug-likeness (QED) is 0.504. The molecule has 7 nitrogen and oxygen atoms in total. The monoisotopic (exact) mass is 269 g/mol. The standard InChI is InChI=1S/C12H19N3O4/c13-11(16)10(14-5-7-19-8-6-14)9-3-1-2-4-15(18)12(9)17/h1-2,9-10,18H,3-8H2,(H2,13,16). The summed E-state index contributed by atoms with van der Waals surface area (Å²) in [4.78, 5) is 25.7. The molecule has 3 N–H and O–H groups in total. The lowest BCUT2D eigenvalue weighted by Crippen LogP contribution is -2.56. The zero-order chi connectivity index (χ0) is 13.8. The maximum atomic E-state index is 12.1. The van der Waals surface area contributed by atoms with Crippen molar-refractivity contribution in [1.82, 2.24) is 9.96 Å². The topological polar surface area (TPSA) is 96.1 Å². The fourth-order valence-electron chi connectivity index (χ4n) is 2.55. The maximum absolute atomic E-state index is 12.1. The van der Waals surface area contributed by atoms with Gasteiger partial charge in [-0.3, -0.25) is 19.7 Å². The lowest BCUT2D eigenvalue weighted by atomic mass is 9.93. The van der Waals surface area contributed by atoms with E-state index in [1.54, 1.807) is 12.2 Å². The molecule has 7 heteroatoms. The molecule has 106 valence electrons. The molecule has 2 amide bonds. The second kappa shape index (κ2) is 6.14. The maximum Gasteiger partial charge on any atom is 0.251 e. The number of nitrogens with zero attached hydrogens (tertiary/aromatic N) is 2. The molecule has 0 radical (unpaired) electrons. The highest BCUT2D eigenvalue weighted by Gasteiger charge is 2.39. The summed E-state index contributed by atoms with van der Waals surface area (Å²) >= 11 is 0. The largest absolute Gasteiger partial charge is 0.379 e. The van der Waals surface area contributed by atoms with Crippen LogP contribution in [0.4, 0.5) is 0 Å². The number of morpholine rings is 1. The van der Waals surface area contributed by atoms with E-state index in [0.29, 0.717) is 37.8 Å². The van der Waals surface area contributed by atoms with E-state index < -0.39 is 23.8 Å². The van der Waals surface area contributed by atoms with Crippen LogP contribution in [-0.4, -0.2) is 65.9 Å². The van der Waals surface area contributed by atoms with E-state index >= 15 is 0 Å².